The monoisotopic (exact) mass is 299 g/mol. The molecule has 22 heavy (non-hydrogen) atoms. The number of rotatable bonds is 2. The first kappa shape index (κ1) is 13.1. The van der Waals surface area contributed by atoms with E-state index in [1.807, 2.05) is 0 Å². The summed E-state index contributed by atoms with van der Waals surface area (Å²) < 4.78 is 4.63. The van der Waals surface area contributed by atoms with Gasteiger partial charge < -0.3 is 4.74 Å². The Balaban J connectivity index is 1.66. The van der Waals surface area contributed by atoms with Crippen LogP contribution in [0.5, 0.6) is 0 Å². The average molecular weight is 299 g/mol. The molecule has 2 aliphatic heterocycles. The molecule has 1 saturated heterocycles. The Hall–Kier alpha value is -2.57. The van der Waals surface area contributed by atoms with Gasteiger partial charge in [0.05, 0.1) is 29.8 Å². The fourth-order valence-electron chi connectivity index (χ4n) is 3.19. The van der Waals surface area contributed by atoms with Crippen LogP contribution >= 0.6 is 0 Å². The highest BCUT2D eigenvalue weighted by atomic mass is 16.5. The Labute approximate surface area is 126 Å². The van der Waals surface area contributed by atoms with Crippen molar-refractivity contribution in [3.63, 3.8) is 0 Å². The van der Waals surface area contributed by atoms with Crippen molar-refractivity contribution in [3.8, 4) is 0 Å². The normalized spacial score (nSPS) is 27.4. The molecule has 1 aromatic rings. The van der Waals surface area contributed by atoms with Crippen molar-refractivity contribution in [2.45, 2.75) is 24.4 Å². The molecule has 1 spiro atoms. The van der Waals surface area contributed by atoms with E-state index < -0.39 is 23.5 Å². The highest BCUT2D eigenvalue weighted by Crippen LogP contribution is 2.55. The maximum atomic E-state index is 12.6. The highest BCUT2D eigenvalue weighted by Gasteiger charge is 2.67. The van der Waals surface area contributed by atoms with Gasteiger partial charge in [-0.3, -0.25) is 9.59 Å². The van der Waals surface area contributed by atoms with Gasteiger partial charge in [0, 0.05) is 0 Å². The molecule has 1 saturated carbocycles. The minimum Gasteiger partial charge on any atom is -0.465 e. The van der Waals surface area contributed by atoms with Gasteiger partial charge in [-0.15, -0.1) is 0 Å². The van der Waals surface area contributed by atoms with E-state index in [9.17, 15) is 14.4 Å². The van der Waals surface area contributed by atoms with E-state index >= 15 is 0 Å². The molecule has 0 N–H and O–H groups in total. The number of fused-ring (bicyclic) bond motifs is 2. The number of methoxy groups -OCH3 is 1. The molecule has 0 radical (unpaired) electrons. The van der Waals surface area contributed by atoms with Crippen LogP contribution in [0.25, 0.3) is 0 Å². The summed E-state index contributed by atoms with van der Waals surface area (Å²) in [5.41, 5.74) is 0.380. The molecule has 7 heteroatoms. The molecule has 1 aliphatic carbocycles. The number of hydrogen-bond acceptors (Lipinski definition) is 6. The van der Waals surface area contributed by atoms with E-state index in [-0.39, 0.29) is 11.8 Å². The summed E-state index contributed by atoms with van der Waals surface area (Å²) in [6.07, 6.45) is 1.62. The topological polar surface area (TPSA) is 88.4 Å². The molecule has 2 fully saturated rings. The number of ether oxygens (including phenoxy) is 1. The largest absolute Gasteiger partial charge is 0.465 e. The summed E-state index contributed by atoms with van der Waals surface area (Å²) in [5.74, 6) is -1.51. The summed E-state index contributed by atoms with van der Waals surface area (Å²) in [6, 6.07) is 5.52. The SMILES string of the molecule is COC(=O)c1ccc(N2C(=O)C3N=NC4(CC4)C3C2=O)cc1. The second kappa shape index (κ2) is 4.22. The van der Waals surface area contributed by atoms with Crippen molar-refractivity contribution >= 4 is 23.5 Å². The van der Waals surface area contributed by atoms with Crippen LogP contribution in [-0.4, -0.2) is 36.5 Å². The van der Waals surface area contributed by atoms with Crippen molar-refractivity contribution in [3.05, 3.63) is 29.8 Å². The molecular weight excluding hydrogens is 286 g/mol. The number of anilines is 1. The smallest absolute Gasteiger partial charge is 0.337 e. The second-order valence-corrected chi connectivity index (χ2v) is 5.79. The zero-order valence-corrected chi connectivity index (χ0v) is 11.9. The summed E-state index contributed by atoms with van der Waals surface area (Å²) in [4.78, 5) is 37.7. The van der Waals surface area contributed by atoms with Crippen LogP contribution < -0.4 is 4.90 Å². The van der Waals surface area contributed by atoms with Crippen molar-refractivity contribution in [1.82, 2.24) is 0 Å². The van der Waals surface area contributed by atoms with Crippen LogP contribution in [0.3, 0.4) is 0 Å². The summed E-state index contributed by atoms with van der Waals surface area (Å²) in [7, 11) is 1.30. The molecule has 4 rings (SSSR count). The molecule has 0 aromatic heterocycles. The van der Waals surface area contributed by atoms with Gasteiger partial charge in [0.2, 0.25) is 5.91 Å². The highest BCUT2D eigenvalue weighted by molar-refractivity contribution is 6.24. The number of carbonyl (C=O) groups excluding carboxylic acids is 3. The van der Waals surface area contributed by atoms with E-state index in [4.69, 9.17) is 0 Å². The Kier molecular flexibility index (Phi) is 2.52. The Morgan fingerprint density at radius 2 is 1.91 bits per heavy atom. The van der Waals surface area contributed by atoms with E-state index in [0.717, 1.165) is 17.7 Å². The minimum atomic E-state index is -0.685. The maximum Gasteiger partial charge on any atom is 0.337 e. The Morgan fingerprint density at radius 1 is 1.23 bits per heavy atom. The van der Waals surface area contributed by atoms with Crippen LogP contribution in [-0.2, 0) is 14.3 Å². The van der Waals surface area contributed by atoms with E-state index in [1.54, 1.807) is 12.1 Å². The second-order valence-electron chi connectivity index (χ2n) is 5.79. The summed E-state index contributed by atoms with van der Waals surface area (Å²) in [6.45, 7) is 0. The molecule has 1 aromatic carbocycles. The molecule has 2 unspecified atom stereocenters. The summed E-state index contributed by atoms with van der Waals surface area (Å²) in [5, 5.41) is 8.15. The first-order valence-corrected chi connectivity index (χ1v) is 7.06. The number of esters is 1. The van der Waals surface area contributed by atoms with Crippen molar-refractivity contribution in [2.75, 3.05) is 12.0 Å². The quantitative estimate of drug-likeness (QED) is 0.608. The molecule has 3 aliphatic rings. The fraction of sp³-hybridized carbons (Fsp3) is 0.400. The maximum absolute atomic E-state index is 12.6. The Morgan fingerprint density at radius 3 is 2.50 bits per heavy atom. The zero-order chi connectivity index (χ0) is 15.5. The third-order valence-corrected chi connectivity index (χ3v) is 4.54. The van der Waals surface area contributed by atoms with E-state index in [2.05, 4.69) is 15.0 Å². The number of benzene rings is 1. The Bertz CT molecular complexity index is 721. The van der Waals surface area contributed by atoms with Crippen LogP contribution in [0.2, 0.25) is 0 Å². The predicted octanol–water partition coefficient (Wildman–Crippen LogP) is 1.33. The lowest BCUT2D eigenvalue weighted by atomic mass is 9.94. The number of nitrogens with zero attached hydrogens (tertiary/aromatic N) is 3. The lowest BCUT2D eigenvalue weighted by Gasteiger charge is -2.16. The van der Waals surface area contributed by atoms with Gasteiger partial charge in [-0.25, -0.2) is 9.69 Å². The number of carbonyl (C=O) groups is 3. The van der Waals surface area contributed by atoms with Crippen molar-refractivity contribution in [1.29, 1.82) is 0 Å². The molecule has 7 nitrogen and oxygen atoms in total. The minimum absolute atomic E-state index is 0.247. The van der Waals surface area contributed by atoms with Gasteiger partial charge >= 0.3 is 5.97 Å². The molecular formula is C15H13N3O4. The number of imide groups is 1. The van der Waals surface area contributed by atoms with Gasteiger partial charge in [-0.1, -0.05) is 0 Å². The zero-order valence-electron chi connectivity index (χ0n) is 11.9. The van der Waals surface area contributed by atoms with E-state index in [1.165, 1.54) is 19.2 Å². The average Bonchev–Trinajstić information content (AvgIpc) is 3.13. The third-order valence-electron chi connectivity index (χ3n) is 4.54. The van der Waals surface area contributed by atoms with Crippen molar-refractivity contribution < 1.29 is 19.1 Å². The van der Waals surface area contributed by atoms with Gasteiger partial charge in [0.25, 0.3) is 5.91 Å². The van der Waals surface area contributed by atoms with Crippen LogP contribution in [0.4, 0.5) is 5.69 Å². The number of amides is 2. The van der Waals surface area contributed by atoms with Crippen molar-refractivity contribution in [2.24, 2.45) is 16.1 Å². The molecule has 112 valence electrons. The van der Waals surface area contributed by atoms with E-state index in [0.29, 0.717) is 11.3 Å². The standard InChI is InChI=1S/C15H13N3O4/c1-22-14(21)8-2-4-9(5-3-8)18-12(19)10-11(13(18)20)16-17-15(10)6-7-15/h2-5,10-11H,6-7H2,1H3. The van der Waals surface area contributed by atoms with Crippen LogP contribution in [0, 0.1) is 5.92 Å². The number of azo groups is 1. The first-order chi connectivity index (χ1) is 10.6. The van der Waals surface area contributed by atoms with Gasteiger partial charge in [-0.05, 0) is 37.1 Å². The fourth-order valence-corrected chi connectivity index (χ4v) is 3.19. The first-order valence-electron chi connectivity index (χ1n) is 7.06. The van der Waals surface area contributed by atoms with Gasteiger partial charge in [-0.2, -0.15) is 10.2 Å². The molecule has 0 bridgehead atoms. The van der Waals surface area contributed by atoms with Gasteiger partial charge in [0.1, 0.15) is 0 Å². The predicted molar refractivity (Wildman–Crippen MR) is 74.4 cm³/mol. The summed E-state index contributed by atoms with van der Waals surface area (Å²) >= 11 is 0. The molecule has 2 amide bonds. The molecule has 2 atom stereocenters. The molecule has 2 heterocycles. The van der Waals surface area contributed by atoms with Gasteiger partial charge in [0.15, 0.2) is 6.04 Å². The van der Waals surface area contributed by atoms with Crippen LogP contribution in [0.1, 0.15) is 23.2 Å². The lowest BCUT2D eigenvalue weighted by Crippen LogP contribution is -2.33. The third kappa shape index (κ3) is 1.59. The lowest BCUT2D eigenvalue weighted by molar-refractivity contribution is -0.122. The van der Waals surface area contributed by atoms with Crippen LogP contribution in [0.15, 0.2) is 34.5 Å². The number of hydrogen-bond donors (Lipinski definition) is 0.